The van der Waals surface area contributed by atoms with Gasteiger partial charge in [-0.1, -0.05) is 40.2 Å². The lowest BCUT2D eigenvalue weighted by Crippen LogP contribution is -2.34. The minimum absolute atomic E-state index is 0.0731. The summed E-state index contributed by atoms with van der Waals surface area (Å²) in [6.45, 7) is 1.84. The Balaban J connectivity index is 1.59. The molecule has 1 atom stereocenters. The van der Waals surface area contributed by atoms with E-state index in [9.17, 15) is 9.59 Å². The summed E-state index contributed by atoms with van der Waals surface area (Å²) in [5.41, 5.74) is 1.66. The van der Waals surface area contributed by atoms with Crippen molar-refractivity contribution in [3.8, 4) is 10.4 Å². The first-order chi connectivity index (χ1) is 13.5. The van der Waals surface area contributed by atoms with Gasteiger partial charge in [0.2, 0.25) is 5.91 Å². The zero-order valence-corrected chi connectivity index (χ0v) is 18.1. The number of thiophene rings is 2. The summed E-state index contributed by atoms with van der Waals surface area (Å²) in [4.78, 5) is 31.6. The van der Waals surface area contributed by atoms with Crippen LogP contribution in [0.15, 0.2) is 62.8 Å². The molecule has 142 valence electrons. The number of nitrogens with one attached hydrogen (secondary N) is 1. The minimum Gasteiger partial charge on any atom is -0.348 e. The van der Waals surface area contributed by atoms with E-state index in [4.69, 9.17) is 0 Å². The van der Waals surface area contributed by atoms with Crippen LogP contribution in [0.1, 0.15) is 18.5 Å². The van der Waals surface area contributed by atoms with Crippen molar-refractivity contribution in [1.82, 2.24) is 14.9 Å². The van der Waals surface area contributed by atoms with Crippen LogP contribution in [0.3, 0.4) is 0 Å². The molecule has 28 heavy (non-hydrogen) atoms. The molecule has 0 aliphatic carbocycles. The highest BCUT2D eigenvalue weighted by molar-refractivity contribution is 9.10. The number of hydrogen-bond acceptors (Lipinski definition) is 5. The van der Waals surface area contributed by atoms with Crippen LogP contribution >= 0.6 is 38.6 Å². The summed E-state index contributed by atoms with van der Waals surface area (Å²) in [7, 11) is 0. The molecule has 0 bridgehead atoms. The Bertz CT molecular complexity index is 1200. The highest BCUT2D eigenvalue weighted by Crippen LogP contribution is 2.33. The number of nitrogens with zero attached hydrogens (tertiary/aromatic N) is 2. The maximum atomic E-state index is 13.0. The molecule has 8 heteroatoms. The number of rotatable bonds is 5. The third-order valence-electron chi connectivity index (χ3n) is 4.41. The smallest absolute Gasteiger partial charge is 0.263 e. The van der Waals surface area contributed by atoms with Crippen molar-refractivity contribution in [1.29, 1.82) is 0 Å². The van der Waals surface area contributed by atoms with Crippen molar-refractivity contribution in [2.75, 3.05) is 0 Å². The Labute approximate surface area is 177 Å². The van der Waals surface area contributed by atoms with E-state index in [1.807, 2.05) is 54.1 Å². The molecular formula is C20H16BrN3O2S2. The number of fused-ring (bicyclic) bond motifs is 1. The van der Waals surface area contributed by atoms with Crippen molar-refractivity contribution < 1.29 is 4.79 Å². The molecule has 3 heterocycles. The molecule has 0 fully saturated rings. The van der Waals surface area contributed by atoms with Crippen LogP contribution in [0.25, 0.3) is 20.7 Å². The monoisotopic (exact) mass is 473 g/mol. The van der Waals surface area contributed by atoms with Gasteiger partial charge in [0, 0.05) is 20.3 Å². The molecule has 0 unspecified atom stereocenters. The lowest BCUT2D eigenvalue weighted by molar-refractivity contribution is -0.122. The Kier molecular flexibility index (Phi) is 5.43. The van der Waals surface area contributed by atoms with E-state index in [1.54, 1.807) is 11.3 Å². The van der Waals surface area contributed by atoms with Gasteiger partial charge in [0.15, 0.2) is 0 Å². The van der Waals surface area contributed by atoms with Gasteiger partial charge >= 0.3 is 0 Å². The zero-order valence-electron chi connectivity index (χ0n) is 14.9. The van der Waals surface area contributed by atoms with E-state index >= 15 is 0 Å². The second-order valence-electron chi connectivity index (χ2n) is 6.30. The molecule has 4 rings (SSSR count). The second-order valence-corrected chi connectivity index (χ2v) is 8.96. The first-order valence-electron chi connectivity index (χ1n) is 8.59. The normalized spacial score (nSPS) is 12.2. The second kappa shape index (κ2) is 7.98. The number of carbonyl (C=O) groups is 1. The topological polar surface area (TPSA) is 64.0 Å². The third-order valence-corrected chi connectivity index (χ3v) is 6.92. The van der Waals surface area contributed by atoms with E-state index in [0.717, 1.165) is 20.5 Å². The summed E-state index contributed by atoms with van der Waals surface area (Å²) >= 11 is 6.52. The van der Waals surface area contributed by atoms with Crippen LogP contribution in [-0.4, -0.2) is 15.5 Å². The molecule has 0 saturated heterocycles. The van der Waals surface area contributed by atoms with Crippen LogP contribution < -0.4 is 10.9 Å². The number of amides is 1. The van der Waals surface area contributed by atoms with Gasteiger partial charge in [0.05, 0.1) is 17.8 Å². The molecule has 1 aromatic carbocycles. The summed E-state index contributed by atoms with van der Waals surface area (Å²) in [6, 6.07) is 11.5. The van der Waals surface area contributed by atoms with Crippen molar-refractivity contribution in [2.45, 2.75) is 19.5 Å². The van der Waals surface area contributed by atoms with E-state index in [-0.39, 0.29) is 24.1 Å². The fourth-order valence-corrected chi connectivity index (χ4v) is 5.39. The maximum Gasteiger partial charge on any atom is 0.263 e. The number of halogens is 1. The van der Waals surface area contributed by atoms with Crippen LogP contribution in [-0.2, 0) is 11.3 Å². The SMILES string of the molecule is C[C@H](NC(=O)Cn1cnc2scc(-c3cccs3)c2c1=O)c1ccccc1Br. The van der Waals surface area contributed by atoms with Gasteiger partial charge in [-0.25, -0.2) is 4.98 Å². The molecule has 0 saturated carbocycles. The maximum absolute atomic E-state index is 13.0. The number of carbonyl (C=O) groups excluding carboxylic acids is 1. The van der Waals surface area contributed by atoms with Gasteiger partial charge in [-0.15, -0.1) is 22.7 Å². The molecule has 0 spiro atoms. The van der Waals surface area contributed by atoms with Gasteiger partial charge < -0.3 is 5.32 Å². The predicted octanol–water partition coefficient (Wildman–Crippen LogP) is 4.83. The van der Waals surface area contributed by atoms with Gasteiger partial charge in [-0.3, -0.25) is 14.2 Å². The third kappa shape index (κ3) is 3.67. The number of aromatic nitrogens is 2. The molecule has 3 aromatic heterocycles. The molecule has 4 aromatic rings. The van der Waals surface area contributed by atoms with Gasteiger partial charge in [-0.2, -0.15) is 0 Å². The first kappa shape index (κ1) is 19.0. The Morgan fingerprint density at radius 2 is 2.07 bits per heavy atom. The van der Waals surface area contributed by atoms with Crippen LogP contribution in [0.5, 0.6) is 0 Å². The van der Waals surface area contributed by atoms with Crippen LogP contribution in [0.2, 0.25) is 0 Å². The van der Waals surface area contributed by atoms with Gasteiger partial charge in [0.1, 0.15) is 11.4 Å². The average molecular weight is 474 g/mol. The first-order valence-corrected chi connectivity index (χ1v) is 11.1. The van der Waals surface area contributed by atoms with Gasteiger partial charge in [0.25, 0.3) is 5.56 Å². The predicted molar refractivity (Wildman–Crippen MR) is 118 cm³/mol. The standard InChI is InChI=1S/C20H16BrN3O2S2/c1-12(13-5-2-3-6-15(13)21)23-17(25)9-24-11-22-19-18(20(24)26)14(10-28-19)16-7-4-8-27-16/h2-8,10-12H,9H2,1H3,(H,23,25)/t12-/m0/s1. The van der Waals surface area contributed by atoms with E-state index < -0.39 is 0 Å². The Hall–Kier alpha value is -2.29. The van der Waals surface area contributed by atoms with Crippen molar-refractivity contribution in [2.24, 2.45) is 0 Å². The van der Waals surface area contributed by atoms with Crippen LogP contribution in [0, 0.1) is 0 Å². The quantitative estimate of drug-likeness (QED) is 0.451. The molecule has 1 N–H and O–H groups in total. The molecule has 0 radical (unpaired) electrons. The summed E-state index contributed by atoms with van der Waals surface area (Å²) in [5, 5.41) is 7.44. The number of benzene rings is 1. The van der Waals surface area contributed by atoms with E-state index in [0.29, 0.717) is 10.2 Å². The highest BCUT2D eigenvalue weighted by atomic mass is 79.9. The lowest BCUT2D eigenvalue weighted by Gasteiger charge is -2.16. The summed E-state index contributed by atoms with van der Waals surface area (Å²) in [5.74, 6) is -0.237. The average Bonchev–Trinajstić information content (AvgIpc) is 3.33. The number of hydrogen-bond donors (Lipinski definition) is 1. The van der Waals surface area contributed by atoms with Crippen molar-refractivity contribution in [3.63, 3.8) is 0 Å². The summed E-state index contributed by atoms with van der Waals surface area (Å²) in [6.07, 6.45) is 1.45. The highest BCUT2D eigenvalue weighted by Gasteiger charge is 2.17. The van der Waals surface area contributed by atoms with Crippen LogP contribution in [0.4, 0.5) is 0 Å². The zero-order chi connectivity index (χ0) is 19.7. The Morgan fingerprint density at radius 1 is 1.25 bits per heavy atom. The van der Waals surface area contributed by atoms with Gasteiger partial charge in [-0.05, 0) is 30.0 Å². The minimum atomic E-state index is -0.237. The molecular weight excluding hydrogens is 458 g/mol. The molecule has 0 aliphatic rings. The largest absolute Gasteiger partial charge is 0.348 e. The van der Waals surface area contributed by atoms with E-state index in [1.165, 1.54) is 22.2 Å². The molecule has 5 nitrogen and oxygen atoms in total. The fourth-order valence-electron chi connectivity index (χ4n) is 3.04. The van der Waals surface area contributed by atoms with Crippen molar-refractivity contribution in [3.05, 3.63) is 73.9 Å². The fraction of sp³-hybridized carbons (Fsp3) is 0.150. The van der Waals surface area contributed by atoms with Crippen molar-refractivity contribution >= 4 is 54.7 Å². The molecule has 1 amide bonds. The Morgan fingerprint density at radius 3 is 2.82 bits per heavy atom. The van der Waals surface area contributed by atoms with E-state index in [2.05, 4.69) is 26.2 Å². The lowest BCUT2D eigenvalue weighted by atomic mass is 10.1. The summed E-state index contributed by atoms with van der Waals surface area (Å²) < 4.78 is 2.30. The molecule has 0 aliphatic heterocycles.